The van der Waals surface area contributed by atoms with Crippen molar-refractivity contribution in [1.82, 2.24) is 9.97 Å². The molecule has 0 aliphatic carbocycles. The predicted molar refractivity (Wildman–Crippen MR) is 100 cm³/mol. The Bertz CT molecular complexity index is 967. The monoisotopic (exact) mass is 342 g/mol. The highest BCUT2D eigenvalue weighted by Gasteiger charge is 2.23. The van der Waals surface area contributed by atoms with Gasteiger partial charge in [0.05, 0.1) is 5.56 Å². The maximum atomic E-state index is 10.8. The summed E-state index contributed by atoms with van der Waals surface area (Å²) in [5.74, 6) is 0.929. The average molecular weight is 342 g/mol. The number of aromatic nitrogens is 2. The van der Waals surface area contributed by atoms with Gasteiger partial charge in [-0.05, 0) is 17.7 Å². The Morgan fingerprint density at radius 2 is 1.54 bits per heavy atom. The van der Waals surface area contributed by atoms with Crippen molar-refractivity contribution in [3.63, 3.8) is 0 Å². The third-order valence-corrected chi connectivity index (χ3v) is 4.18. The first-order valence-corrected chi connectivity index (χ1v) is 8.50. The van der Waals surface area contributed by atoms with Crippen LogP contribution in [0.15, 0.2) is 89.6 Å². The van der Waals surface area contributed by atoms with E-state index in [1.807, 2.05) is 72.8 Å². The molecule has 2 aromatic carbocycles. The highest BCUT2D eigenvalue weighted by atomic mass is 16.4. The van der Waals surface area contributed by atoms with E-state index in [9.17, 15) is 5.11 Å². The van der Waals surface area contributed by atoms with E-state index in [0.29, 0.717) is 23.8 Å². The topological polar surface area (TPSA) is 59.2 Å². The number of benzene rings is 2. The zero-order valence-electron chi connectivity index (χ0n) is 14.1. The lowest BCUT2D eigenvalue weighted by atomic mass is 10.0. The largest absolute Gasteiger partial charge is 0.438 e. The second kappa shape index (κ2) is 7.33. The van der Waals surface area contributed by atoms with Crippen molar-refractivity contribution in [3.05, 3.63) is 96.5 Å². The Morgan fingerprint density at radius 3 is 2.23 bits per heavy atom. The van der Waals surface area contributed by atoms with E-state index in [2.05, 4.69) is 9.97 Å². The van der Waals surface area contributed by atoms with Gasteiger partial charge >= 0.3 is 0 Å². The molecule has 0 radical (unpaired) electrons. The first-order valence-electron chi connectivity index (χ1n) is 8.50. The highest BCUT2D eigenvalue weighted by Crippen LogP contribution is 2.33. The molecular formula is C22H18N2O2. The van der Waals surface area contributed by atoms with Crippen LogP contribution in [-0.2, 0) is 6.42 Å². The zero-order valence-corrected chi connectivity index (χ0v) is 14.1. The quantitative estimate of drug-likeness (QED) is 0.572. The normalized spacial score (nSPS) is 12.0. The van der Waals surface area contributed by atoms with Crippen LogP contribution in [0.5, 0.6) is 0 Å². The number of pyridine rings is 1. The lowest BCUT2D eigenvalue weighted by Gasteiger charge is -2.09. The Labute approximate surface area is 151 Å². The van der Waals surface area contributed by atoms with E-state index in [-0.39, 0.29) is 0 Å². The second-order valence-electron chi connectivity index (χ2n) is 6.05. The van der Waals surface area contributed by atoms with Gasteiger partial charge < -0.3 is 9.52 Å². The summed E-state index contributed by atoms with van der Waals surface area (Å²) >= 11 is 0. The Kier molecular flexibility index (Phi) is 4.58. The number of aliphatic hydroxyl groups excluding tert-OH is 1. The maximum Gasteiger partial charge on any atom is 0.228 e. The van der Waals surface area contributed by atoms with E-state index in [0.717, 1.165) is 16.7 Å². The molecule has 2 aromatic heterocycles. The van der Waals surface area contributed by atoms with E-state index in [1.165, 1.54) is 0 Å². The van der Waals surface area contributed by atoms with Gasteiger partial charge in [0.25, 0.3) is 0 Å². The molecular weight excluding hydrogens is 324 g/mol. The maximum absolute atomic E-state index is 10.8. The van der Waals surface area contributed by atoms with Gasteiger partial charge in [-0.1, -0.05) is 60.7 Å². The van der Waals surface area contributed by atoms with E-state index in [4.69, 9.17) is 4.42 Å². The molecule has 26 heavy (non-hydrogen) atoms. The van der Waals surface area contributed by atoms with Crippen LogP contribution in [0, 0.1) is 0 Å². The summed E-state index contributed by atoms with van der Waals surface area (Å²) < 4.78 is 5.99. The van der Waals surface area contributed by atoms with Gasteiger partial charge in [-0.2, -0.15) is 0 Å². The third-order valence-electron chi connectivity index (χ3n) is 4.18. The van der Waals surface area contributed by atoms with Crippen LogP contribution >= 0.6 is 0 Å². The molecule has 2 heterocycles. The minimum absolute atomic E-state index is 0.457. The summed E-state index contributed by atoms with van der Waals surface area (Å²) in [7, 11) is 0. The van der Waals surface area contributed by atoms with Gasteiger partial charge in [0.15, 0.2) is 5.76 Å². The summed E-state index contributed by atoms with van der Waals surface area (Å²) in [6.45, 7) is 0. The molecule has 4 aromatic rings. The zero-order chi connectivity index (χ0) is 17.8. The van der Waals surface area contributed by atoms with Crippen molar-refractivity contribution in [3.8, 4) is 22.7 Å². The van der Waals surface area contributed by atoms with Crippen LogP contribution in [0.4, 0.5) is 0 Å². The molecule has 4 rings (SSSR count). The Hall–Kier alpha value is -3.24. The molecule has 0 fully saturated rings. The van der Waals surface area contributed by atoms with Crippen molar-refractivity contribution < 1.29 is 9.52 Å². The van der Waals surface area contributed by atoms with E-state index in [1.54, 1.807) is 12.4 Å². The minimum Gasteiger partial charge on any atom is -0.438 e. The summed E-state index contributed by atoms with van der Waals surface area (Å²) in [4.78, 5) is 8.77. The van der Waals surface area contributed by atoms with Crippen LogP contribution in [0.3, 0.4) is 0 Å². The van der Waals surface area contributed by atoms with Crippen molar-refractivity contribution in [2.75, 3.05) is 0 Å². The number of hydrogen-bond acceptors (Lipinski definition) is 4. The standard InChI is InChI=1S/C22H18N2O2/c25-19(14-16-8-3-1-4-9-16)21-20(17-10-5-2-6-11-17)24-22(26-21)18-12-7-13-23-15-18/h1-13,15,19,25H,14H2. The first kappa shape index (κ1) is 16.2. The SMILES string of the molecule is OC(Cc1ccccc1)c1oc(-c2cccnc2)nc1-c1ccccc1. The molecule has 1 unspecified atom stereocenters. The molecule has 4 heteroatoms. The van der Waals surface area contributed by atoms with Crippen LogP contribution in [-0.4, -0.2) is 15.1 Å². The molecule has 0 bridgehead atoms. The van der Waals surface area contributed by atoms with Gasteiger partial charge in [0.1, 0.15) is 11.8 Å². The molecule has 0 aliphatic rings. The second-order valence-corrected chi connectivity index (χ2v) is 6.05. The predicted octanol–water partition coefficient (Wildman–Crippen LogP) is 4.68. The lowest BCUT2D eigenvalue weighted by Crippen LogP contribution is -2.02. The lowest BCUT2D eigenvalue weighted by molar-refractivity contribution is 0.152. The summed E-state index contributed by atoms with van der Waals surface area (Å²) in [6, 6.07) is 23.3. The number of nitrogens with zero attached hydrogens (tertiary/aromatic N) is 2. The first-order chi connectivity index (χ1) is 12.8. The van der Waals surface area contributed by atoms with E-state index >= 15 is 0 Å². The Balaban J connectivity index is 1.75. The number of aliphatic hydroxyl groups is 1. The van der Waals surface area contributed by atoms with Crippen LogP contribution in [0.2, 0.25) is 0 Å². The highest BCUT2D eigenvalue weighted by molar-refractivity contribution is 5.65. The van der Waals surface area contributed by atoms with Gasteiger partial charge in [-0.3, -0.25) is 4.98 Å². The number of hydrogen-bond donors (Lipinski definition) is 1. The Morgan fingerprint density at radius 1 is 0.846 bits per heavy atom. The van der Waals surface area contributed by atoms with E-state index < -0.39 is 6.10 Å². The summed E-state index contributed by atoms with van der Waals surface area (Å²) in [5.41, 5.74) is 3.39. The molecule has 0 spiro atoms. The van der Waals surface area contributed by atoms with Crippen LogP contribution < -0.4 is 0 Å². The molecule has 1 atom stereocenters. The van der Waals surface area contributed by atoms with Crippen molar-refractivity contribution in [2.24, 2.45) is 0 Å². The van der Waals surface area contributed by atoms with Crippen LogP contribution in [0.25, 0.3) is 22.7 Å². The fourth-order valence-corrected chi connectivity index (χ4v) is 2.90. The van der Waals surface area contributed by atoms with Crippen molar-refractivity contribution in [2.45, 2.75) is 12.5 Å². The molecule has 0 aliphatic heterocycles. The number of rotatable bonds is 5. The minimum atomic E-state index is -0.787. The average Bonchev–Trinajstić information content (AvgIpc) is 3.16. The fourth-order valence-electron chi connectivity index (χ4n) is 2.90. The molecule has 0 saturated heterocycles. The summed E-state index contributed by atoms with van der Waals surface area (Å²) in [6.07, 6.45) is 3.08. The van der Waals surface area contributed by atoms with Gasteiger partial charge in [0.2, 0.25) is 5.89 Å². The molecule has 128 valence electrons. The molecule has 0 saturated carbocycles. The molecule has 4 nitrogen and oxygen atoms in total. The molecule has 0 amide bonds. The van der Waals surface area contributed by atoms with Crippen molar-refractivity contribution in [1.29, 1.82) is 0 Å². The van der Waals surface area contributed by atoms with Gasteiger partial charge in [0, 0.05) is 24.4 Å². The van der Waals surface area contributed by atoms with Gasteiger partial charge in [-0.25, -0.2) is 4.98 Å². The van der Waals surface area contributed by atoms with Crippen LogP contribution in [0.1, 0.15) is 17.4 Å². The summed E-state index contributed by atoms with van der Waals surface area (Å²) in [5, 5.41) is 10.8. The fraction of sp³-hybridized carbons (Fsp3) is 0.0909. The third kappa shape index (κ3) is 3.41. The number of oxazole rings is 1. The van der Waals surface area contributed by atoms with Gasteiger partial charge in [-0.15, -0.1) is 0 Å². The molecule has 1 N–H and O–H groups in total. The smallest absolute Gasteiger partial charge is 0.228 e. The van der Waals surface area contributed by atoms with Crippen molar-refractivity contribution >= 4 is 0 Å².